The summed E-state index contributed by atoms with van der Waals surface area (Å²) in [4.78, 5) is 0.192. The number of benzene rings is 2. The summed E-state index contributed by atoms with van der Waals surface area (Å²) in [7, 11) is -3.70. The van der Waals surface area contributed by atoms with Crippen molar-refractivity contribution in [3.8, 4) is 0 Å². The van der Waals surface area contributed by atoms with Gasteiger partial charge in [0.1, 0.15) is 0 Å². The predicted molar refractivity (Wildman–Crippen MR) is 79.0 cm³/mol. The van der Waals surface area contributed by atoms with E-state index in [0.717, 1.165) is 23.1 Å². The van der Waals surface area contributed by atoms with Crippen LogP contribution in [0.25, 0.3) is 0 Å². The normalized spacial score (nSPS) is 11.5. The molecule has 4 heteroatoms. The SMILES string of the molecule is CCc1ccccc1COS(=O)(=O)c1ccc(C)cc1. The van der Waals surface area contributed by atoms with Crippen LogP contribution in [0.2, 0.25) is 0 Å². The Morgan fingerprint density at radius 3 is 2.15 bits per heavy atom. The summed E-state index contributed by atoms with van der Waals surface area (Å²) in [6.07, 6.45) is 0.851. The molecule has 3 nitrogen and oxygen atoms in total. The molecular weight excluding hydrogens is 272 g/mol. The van der Waals surface area contributed by atoms with E-state index in [9.17, 15) is 8.42 Å². The molecule has 2 aromatic carbocycles. The number of hydrogen-bond donors (Lipinski definition) is 0. The molecule has 0 bridgehead atoms. The molecule has 0 aromatic heterocycles. The minimum atomic E-state index is -3.70. The maximum atomic E-state index is 12.1. The van der Waals surface area contributed by atoms with Gasteiger partial charge >= 0.3 is 0 Å². The van der Waals surface area contributed by atoms with Crippen LogP contribution in [-0.4, -0.2) is 8.42 Å². The molecule has 0 saturated heterocycles. The molecule has 0 aliphatic rings. The van der Waals surface area contributed by atoms with Gasteiger partial charge in [-0.3, -0.25) is 4.18 Å². The summed E-state index contributed by atoms with van der Waals surface area (Å²) in [6.45, 7) is 4.02. The summed E-state index contributed by atoms with van der Waals surface area (Å²) >= 11 is 0. The second kappa shape index (κ2) is 6.20. The van der Waals surface area contributed by atoms with Crippen LogP contribution in [0.5, 0.6) is 0 Å². The molecule has 2 rings (SSSR count). The Morgan fingerprint density at radius 1 is 0.950 bits per heavy atom. The van der Waals surface area contributed by atoms with E-state index >= 15 is 0 Å². The van der Waals surface area contributed by atoms with Gasteiger partial charge in [-0.15, -0.1) is 0 Å². The number of aryl methyl sites for hydroxylation is 2. The van der Waals surface area contributed by atoms with E-state index in [1.54, 1.807) is 24.3 Å². The quantitative estimate of drug-likeness (QED) is 0.792. The zero-order valence-electron chi connectivity index (χ0n) is 11.7. The van der Waals surface area contributed by atoms with E-state index in [-0.39, 0.29) is 11.5 Å². The smallest absolute Gasteiger partial charge is 0.262 e. The van der Waals surface area contributed by atoms with Crippen molar-refractivity contribution < 1.29 is 12.6 Å². The monoisotopic (exact) mass is 290 g/mol. The van der Waals surface area contributed by atoms with Crippen molar-refractivity contribution in [1.29, 1.82) is 0 Å². The van der Waals surface area contributed by atoms with E-state index in [0.29, 0.717) is 0 Å². The van der Waals surface area contributed by atoms with Crippen LogP contribution in [0.4, 0.5) is 0 Å². The van der Waals surface area contributed by atoms with Crippen LogP contribution in [0, 0.1) is 6.92 Å². The van der Waals surface area contributed by atoms with Crippen LogP contribution in [0.15, 0.2) is 53.4 Å². The van der Waals surface area contributed by atoms with E-state index in [1.165, 1.54) is 0 Å². The molecule has 0 amide bonds. The Kier molecular flexibility index (Phi) is 4.57. The second-order valence-corrected chi connectivity index (χ2v) is 6.27. The van der Waals surface area contributed by atoms with Crippen molar-refractivity contribution in [3.63, 3.8) is 0 Å². The Labute approximate surface area is 120 Å². The van der Waals surface area contributed by atoms with Crippen molar-refractivity contribution in [2.24, 2.45) is 0 Å². The zero-order chi connectivity index (χ0) is 14.6. The third kappa shape index (κ3) is 3.46. The second-order valence-electron chi connectivity index (χ2n) is 4.65. The molecule has 0 atom stereocenters. The third-order valence-electron chi connectivity index (χ3n) is 3.18. The van der Waals surface area contributed by atoms with Gasteiger partial charge in [-0.1, -0.05) is 48.9 Å². The Morgan fingerprint density at radius 2 is 1.55 bits per heavy atom. The summed E-state index contributed by atoms with van der Waals surface area (Å²) in [5.74, 6) is 0. The number of hydrogen-bond acceptors (Lipinski definition) is 3. The lowest BCUT2D eigenvalue weighted by atomic mass is 10.1. The van der Waals surface area contributed by atoms with E-state index in [4.69, 9.17) is 4.18 Å². The summed E-state index contributed by atoms with van der Waals surface area (Å²) < 4.78 is 29.3. The van der Waals surface area contributed by atoms with Crippen LogP contribution in [0.1, 0.15) is 23.6 Å². The fourth-order valence-corrected chi connectivity index (χ4v) is 2.84. The van der Waals surface area contributed by atoms with Gasteiger partial charge in [-0.05, 0) is 36.6 Å². The lowest BCUT2D eigenvalue weighted by Gasteiger charge is -2.09. The largest absolute Gasteiger partial charge is 0.297 e. The first-order chi connectivity index (χ1) is 9.53. The summed E-state index contributed by atoms with van der Waals surface area (Å²) in [5, 5.41) is 0. The molecule has 0 unspecified atom stereocenters. The van der Waals surface area contributed by atoms with Gasteiger partial charge in [-0.25, -0.2) is 0 Å². The van der Waals surface area contributed by atoms with Crippen LogP contribution in [-0.2, 0) is 27.3 Å². The van der Waals surface area contributed by atoms with E-state index in [2.05, 4.69) is 0 Å². The van der Waals surface area contributed by atoms with Gasteiger partial charge in [-0.2, -0.15) is 8.42 Å². The predicted octanol–water partition coefficient (Wildman–Crippen LogP) is 3.46. The third-order valence-corrected chi connectivity index (χ3v) is 4.46. The minimum absolute atomic E-state index is 0.0697. The van der Waals surface area contributed by atoms with Crippen molar-refractivity contribution >= 4 is 10.1 Å². The Balaban J connectivity index is 2.15. The van der Waals surface area contributed by atoms with Gasteiger partial charge < -0.3 is 0 Å². The Bertz CT molecular complexity index is 673. The maximum Gasteiger partial charge on any atom is 0.297 e. The fourth-order valence-electron chi connectivity index (χ4n) is 1.96. The first-order valence-electron chi connectivity index (χ1n) is 6.56. The van der Waals surface area contributed by atoms with Gasteiger partial charge in [0, 0.05) is 0 Å². The minimum Gasteiger partial charge on any atom is -0.262 e. The van der Waals surface area contributed by atoms with Crippen molar-refractivity contribution in [1.82, 2.24) is 0 Å². The summed E-state index contributed by atoms with van der Waals surface area (Å²) in [5.41, 5.74) is 3.03. The topological polar surface area (TPSA) is 43.4 Å². The molecule has 2 aromatic rings. The van der Waals surface area contributed by atoms with Gasteiger partial charge in [0.25, 0.3) is 10.1 Å². The zero-order valence-corrected chi connectivity index (χ0v) is 12.5. The Hall–Kier alpha value is -1.65. The maximum absolute atomic E-state index is 12.1. The highest BCUT2D eigenvalue weighted by molar-refractivity contribution is 7.86. The molecule has 0 aliphatic carbocycles. The molecule has 0 heterocycles. The molecular formula is C16H18O3S. The molecule has 0 aliphatic heterocycles. The highest BCUT2D eigenvalue weighted by Crippen LogP contribution is 2.17. The highest BCUT2D eigenvalue weighted by atomic mass is 32.2. The van der Waals surface area contributed by atoms with Crippen LogP contribution in [0.3, 0.4) is 0 Å². The summed E-state index contributed by atoms with van der Waals surface area (Å²) in [6, 6.07) is 14.4. The fraction of sp³-hybridized carbons (Fsp3) is 0.250. The van der Waals surface area contributed by atoms with Crippen LogP contribution >= 0.6 is 0 Å². The lowest BCUT2D eigenvalue weighted by Crippen LogP contribution is -2.07. The van der Waals surface area contributed by atoms with Gasteiger partial charge in [0.15, 0.2) is 0 Å². The number of rotatable bonds is 5. The standard InChI is InChI=1S/C16H18O3S/c1-3-14-6-4-5-7-15(14)12-19-20(17,18)16-10-8-13(2)9-11-16/h4-11H,3,12H2,1-2H3. The average Bonchev–Trinajstić information content (AvgIpc) is 2.46. The molecule has 0 saturated carbocycles. The lowest BCUT2D eigenvalue weighted by molar-refractivity contribution is 0.307. The highest BCUT2D eigenvalue weighted by Gasteiger charge is 2.15. The van der Waals surface area contributed by atoms with E-state index < -0.39 is 10.1 Å². The molecule has 106 valence electrons. The van der Waals surface area contributed by atoms with Crippen molar-refractivity contribution in [2.45, 2.75) is 31.8 Å². The van der Waals surface area contributed by atoms with Gasteiger partial charge in [0.2, 0.25) is 0 Å². The molecule has 0 spiro atoms. The first kappa shape index (κ1) is 14.8. The van der Waals surface area contributed by atoms with Crippen LogP contribution < -0.4 is 0 Å². The molecule has 20 heavy (non-hydrogen) atoms. The molecule has 0 fully saturated rings. The first-order valence-corrected chi connectivity index (χ1v) is 7.96. The van der Waals surface area contributed by atoms with E-state index in [1.807, 2.05) is 38.1 Å². The van der Waals surface area contributed by atoms with Crippen molar-refractivity contribution in [3.05, 3.63) is 65.2 Å². The van der Waals surface area contributed by atoms with Gasteiger partial charge in [0.05, 0.1) is 11.5 Å². The van der Waals surface area contributed by atoms with Crippen molar-refractivity contribution in [2.75, 3.05) is 0 Å². The average molecular weight is 290 g/mol. The molecule has 0 N–H and O–H groups in total. The molecule has 0 radical (unpaired) electrons.